The standard InChI is InChI=1S/C34H33F6N7OS/c1-16-8-23-24(21(11-41)30(42)49-23)26(27(16)36)25-22(34(38,39)40)9-20-29(28(25)37)44-32(45-31(20)47-12-18-4-5-19(13-47)43-18)48-15-33(2)14-46(3)7-6-17(33)10-35/h8-10,18-19,43H,4-7,12-15,42H2,1-3H3/b17-10+/t18-,19+,33-/m0/s1/i3D3. The van der Waals surface area contributed by atoms with Gasteiger partial charge in [-0.3, -0.25) is 0 Å². The lowest BCUT2D eigenvalue weighted by atomic mass is 9.78. The Morgan fingerprint density at radius 1 is 1.20 bits per heavy atom. The zero-order valence-electron chi connectivity index (χ0n) is 29.4. The van der Waals surface area contributed by atoms with Gasteiger partial charge in [-0.25, -0.2) is 13.2 Å². The van der Waals surface area contributed by atoms with Crippen LogP contribution >= 0.6 is 11.3 Å². The molecule has 0 amide bonds. The minimum absolute atomic E-state index is 0.00766. The van der Waals surface area contributed by atoms with Crippen molar-refractivity contribution in [2.24, 2.45) is 5.41 Å². The molecule has 0 unspecified atom stereocenters. The van der Waals surface area contributed by atoms with Gasteiger partial charge < -0.3 is 25.6 Å². The number of hydrogen-bond acceptors (Lipinski definition) is 9. The van der Waals surface area contributed by atoms with E-state index in [9.17, 15) is 9.65 Å². The average Bonchev–Trinajstić information content (AvgIpc) is 3.58. The lowest BCUT2D eigenvalue weighted by molar-refractivity contribution is -0.137. The number of anilines is 2. The molecule has 0 radical (unpaired) electrons. The summed E-state index contributed by atoms with van der Waals surface area (Å²) < 4.78 is 122. The van der Waals surface area contributed by atoms with Crippen LogP contribution in [0, 0.1) is 35.3 Å². The Bertz CT molecular complexity index is 2170. The number of nitrogens with two attached hydrogens (primary N) is 1. The second-order valence-corrected chi connectivity index (χ2v) is 14.3. The number of likely N-dealkylation sites (tertiary alicyclic amines) is 1. The molecule has 3 N–H and O–H groups in total. The molecular weight excluding hydrogens is 668 g/mol. The first kappa shape index (κ1) is 29.8. The fourth-order valence-electron chi connectivity index (χ4n) is 7.37. The number of rotatable bonds is 5. The smallest absolute Gasteiger partial charge is 0.417 e. The van der Waals surface area contributed by atoms with Crippen molar-refractivity contribution in [2.75, 3.05) is 50.4 Å². The minimum atomic E-state index is -5.20. The van der Waals surface area contributed by atoms with Crippen LogP contribution in [0.4, 0.5) is 37.2 Å². The van der Waals surface area contributed by atoms with Crippen LogP contribution in [0.3, 0.4) is 0 Å². The molecule has 2 aromatic heterocycles. The van der Waals surface area contributed by atoms with E-state index in [1.54, 1.807) is 11.8 Å². The van der Waals surface area contributed by atoms with E-state index in [1.807, 2.05) is 6.07 Å². The summed E-state index contributed by atoms with van der Waals surface area (Å²) in [6.07, 6.45) is -3.09. The molecule has 258 valence electrons. The lowest BCUT2D eigenvalue weighted by Gasteiger charge is -2.40. The Labute approximate surface area is 286 Å². The van der Waals surface area contributed by atoms with Crippen LogP contribution in [0.5, 0.6) is 6.01 Å². The van der Waals surface area contributed by atoms with Crippen LogP contribution in [0.1, 0.15) is 47.0 Å². The van der Waals surface area contributed by atoms with Crippen LogP contribution in [-0.2, 0) is 6.18 Å². The molecule has 8 nitrogen and oxygen atoms in total. The van der Waals surface area contributed by atoms with Crippen molar-refractivity contribution in [3.8, 4) is 23.2 Å². The molecule has 4 aromatic rings. The number of alkyl halides is 3. The molecular formula is C34H33F6N7OS. The van der Waals surface area contributed by atoms with Gasteiger partial charge in [0.15, 0.2) is 5.82 Å². The van der Waals surface area contributed by atoms with Crippen LogP contribution in [0.2, 0.25) is 0 Å². The van der Waals surface area contributed by atoms with Crippen molar-refractivity contribution >= 4 is 43.1 Å². The Hall–Kier alpha value is -4.13. The minimum Gasteiger partial charge on any atom is -0.462 e. The first-order valence-electron chi connectivity index (χ1n) is 17.1. The Kier molecular flexibility index (Phi) is 7.31. The number of nitrogens with zero attached hydrogens (tertiary/aromatic N) is 5. The summed E-state index contributed by atoms with van der Waals surface area (Å²) >= 11 is 0.868. The Morgan fingerprint density at radius 3 is 2.59 bits per heavy atom. The monoisotopic (exact) mass is 704 g/mol. The van der Waals surface area contributed by atoms with Crippen molar-refractivity contribution in [2.45, 2.75) is 51.4 Å². The molecule has 3 aliphatic rings. The number of nitrogens with one attached hydrogen (secondary N) is 1. The van der Waals surface area contributed by atoms with Crippen molar-refractivity contribution in [3.63, 3.8) is 0 Å². The number of hydrogen-bond donors (Lipinski definition) is 2. The number of halogens is 6. The van der Waals surface area contributed by atoms with Crippen LogP contribution < -0.4 is 20.7 Å². The lowest BCUT2D eigenvalue weighted by Crippen LogP contribution is -2.51. The van der Waals surface area contributed by atoms with Gasteiger partial charge in [-0.1, -0.05) is 6.92 Å². The van der Waals surface area contributed by atoms with E-state index in [1.165, 1.54) is 17.9 Å². The van der Waals surface area contributed by atoms with Crippen LogP contribution in [0.15, 0.2) is 24.0 Å². The second kappa shape index (κ2) is 12.0. The van der Waals surface area contributed by atoms with E-state index >= 15 is 22.0 Å². The molecule has 7 rings (SSSR count). The van der Waals surface area contributed by atoms with E-state index in [0.717, 1.165) is 24.2 Å². The summed E-state index contributed by atoms with van der Waals surface area (Å²) in [7, 11) is 0. The molecule has 15 heteroatoms. The SMILES string of the molecule is [2H]C([2H])([2H])N1CC/C(=C\F)[C@](C)(COc2nc(N3C[C@H]4CC[C@@H](C3)N4)c3cc(C(F)(F)F)c(-c4c(F)c(C)cc5sc(N)c(C#N)c45)c(F)c3n2)C1. The molecule has 0 saturated carbocycles. The number of aromatic nitrogens is 2. The van der Waals surface area contributed by atoms with Crippen molar-refractivity contribution < 1.29 is 35.2 Å². The number of benzene rings is 2. The highest BCUT2D eigenvalue weighted by Gasteiger charge is 2.41. The van der Waals surface area contributed by atoms with Gasteiger partial charge in [0.2, 0.25) is 0 Å². The summed E-state index contributed by atoms with van der Waals surface area (Å²) in [6, 6.07) is 3.40. The van der Waals surface area contributed by atoms with Crippen molar-refractivity contribution in [1.29, 1.82) is 5.26 Å². The number of fused-ring (bicyclic) bond motifs is 4. The molecule has 3 aliphatic heterocycles. The number of ether oxygens (including phenoxy) is 1. The molecule has 0 spiro atoms. The number of piperidine rings is 1. The van der Waals surface area contributed by atoms with E-state index in [2.05, 4.69) is 15.3 Å². The van der Waals surface area contributed by atoms with Gasteiger partial charge in [-0.15, -0.1) is 11.3 Å². The highest BCUT2D eigenvalue weighted by Crippen LogP contribution is 2.49. The third kappa shape index (κ3) is 5.63. The largest absolute Gasteiger partial charge is 0.462 e. The zero-order chi connectivity index (χ0) is 37.5. The first-order valence-corrected chi connectivity index (χ1v) is 16.5. The third-order valence-electron chi connectivity index (χ3n) is 9.82. The predicted molar refractivity (Wildman–Crippen MR) is 176 cm³/mol. The van der Waals surface area contributed by atoms with Crippen LogP contribution in [-0.4, -0.2) is 66.7 Å². The third-order valence-corrected chi connectivity index (χ3v) is 10.8. The fourth-order valence-corrected chi connectivity index (χ4v) is 8.40. The summed E-state index contributed by atoms with van der Waals surface area (Å²) in [5.41, 5.74) is 0.721. The quantitative estimate of drug-likeness (QED) is 0.213. The van der Waals surface area contributed by atoms with E-state index in [0.29, 0.717) is 25.5 Å². The average molecular weight is 705 g/mol. The van der Waals surface area contributed by atoms with E-state index in [-0.39, 0.29) is 81.2 Å². The first-order chi connectivity index (χ1) is 24.4. The van der Waals surface area contributed by atoms with Gasteiger partial charge in [0.1, 0.15) is 34.8 Å². The van der Waals surface area contributed by atoms with Gasteiger partial charge in [-0.05, 0) is 56.4 Å². The Morgan fingerprint density at radius 2 is 1.94 bits per heavy atom. The normalized spacial score (nSPS) is 25.1. The van der Waals surface area contributed by atoms with Gasteiger partial charge >= 0.3 is 12.2 Å². The maximum atomic E-state index is 17.2. The number of aryl methyl sites for hydroxylation is 1. The molecule has 5 heterocycles. The Balaban J connectivity index is 1.45. The molecule has 2 bridgehead atoms. The zero-order valence-corrected chi connectivity index (χ0v) is 27.3. The number of thiophene rings is 1. The van der Waals surface area contributed by atoms with Crippen molar-refractivity contribution in [1.82, 2.24) is 20.2 Å². The van der Waals surface area contributed by atoms with Crippen LogP contribution in [0.25, 0.3) is 32.1 Å². The van der Waals surface area contributed by atoms with Gasteiger partial charge in [0.05, 0.1) is 17.5 Å². The molecule has 0 aliphatic carbocycles. The molecule has 3 fully saturated rings. The summed E-state index contributed by atoms with van der Waals surface area (Å²) in [6.45, 7) is 0.714. The second-order valence-electron chi connectivity index (χ2n) is 13.2. The predicted octanol–water partition coefficient (Wildman–Crippen LogP) is 7.09. The van der Waals surface area contributed by atoms with Gasteiger partial charge in [0, 0.05) is 74.4 Å². The number of nitriles is 1. The number of piperazine rings is 1. The summed E-state index contributed by atoms with van der Waals surface area (Å²) in [4.78, 5) is 11.7. The molecule has 3 saturated heterocycles. The highest BCUT2D eigenvalue weighted by molar-refractivity contribution is 7.23. The molecule has 3 atom stereocenters. The fraction of sp³-hybridized carbons (Fsp3) is 0.441. The maximum Gasteiger partial charge on any atom is 0.417 e. The number of nitrogen functional groups attached to an aromatic ring is 1. The highest BCUT2D eigenvalue weighted by atomic mass is 32.1. The van der Waals surface area contributed by atoms with Crippen molar-refractivity contribution in [3.05, 3.63) is 52.4 Å². The van der Waals surface area contributed by atoms with E-state index in [4.69, 9.17) is 14.6 Å². The molecule has 49 heavy (non-hydrogen) atoms. The van der Waals surface area contributed by atoms with Gasteiger partial charge in [-0.2, -0.15) is 28.4 Å². The van der Waals surface area contributed by atoms with Gasteiger partial charge in [0.25, 0.3) is 0 Å². The molecule has 2 aromatic carbocycles. The topological polar surface area (TPSA) is 103 Å². The van der Waals surface area contributed by atoms with E-state index < -0.39 is 58.4 Å². The summed E-state index contributed by atoms with van der Waals surface area (Å²) in [5, 5.41) is 12.7. The summed E-state index contributed by atoms with van der Waals surface area (Å²) in [5.74, 6) is -2.72. The maximum absolute atomic E-state index is 17.2.